The van der Waals surface area contributed by atoms with Crippen LogP contribution in [0, 0.1) is 0 Å². The highest BCUT2D eigenvalue weighted by Gasteiger charge is 1.99. The topological polar surface area (TPSA) is 17.1 Å². The minimum absolute atomic E-state index is 0.188. The fourth-order valence-electron chi connectivity index (χ4n) is 1.38. The number of carbonyl (C=O) groups is 1. The zero-order valence-electron chi connectivity index (χ0n) is 7.68. The molecule has 0 atom stereocenters. The lowest BCUT2D eigenvalue weighted by Crippen LogP contribution is -1.92. The van der Waals surface area contributed by atoms with Crippen molar-refractivity contribution >= 4 is 5.78 Å². The smallest absolute Gasteiger partial charge is 0.159 e. The van der Waals surface area contributed by atoms with E-state index in [-0.39, 0.29) is 5.78 Å². The van der Waals surface area contributed by atoms with Gasteiger partial charge in [0.25, 0.3) is 0 Å². The second kappa shape index (κ2) is 4.91. The molecule has 0 unspecified atom stereocenters. The molecule has 0 aromatic heterocycles. The molecule has 0 spiro atoms. The Morgan fingerprint density at radius 2 is 2.00 bits per heavy atom. The summed E-state index contributed by atoms with van der Waals surface area (Å²) in [7, 11) is 0. The van der Waals surface area contributed by atoms with E-state index in [0.717, 1.165) is 18.4 Å². The van der Waals surface area contributed by atoms with E-state index >= 15 is 0 Å². The van der Waals surface area contributed by atoms with Crippen molar-refractivity contribution in [1.29, 1.82) is 0 Å². The Morgan fingerprint density at radius 3 is 2.75 bits per heavy atom. The number of hydrogen-bond donors (Lipinski definition) is 0. The van der Waals surface area contributed by atoms with Crippen molar-refractivity contribution in [3.63, 3.8) is 0 Å². The van der Waals surface area contributed by atoms with E-state index in [9.17, 15) is 4.79 Å². The first-order chi connectivity index (χ1) is 5.80. The van der Waals surface area contributed by atoms with Crippen LogP contribution in [0.2, 0.25) is 0 Å². The normalized spacial score (nSPS) is 23.2. The first kappa shape index (κ1) is 9.24. The van der Waals surface area contributed by atoms with Crippen molar-refractivity contribution in [2.75, 3.05) is 0 Å². The number of hydrogen-bond acceptors (Lipinski definition) is 1. The van der Waals surface area contributed by atoms with Gasteiger partial charge >= 0.3 is 0 Å². The van der Waals surface area contributed by atoms with Gasteiger partial charge in [-0.15, -0.1) is 0 Å². The highest BCUT2D eigenvalue weighted by Crippen LogP contribution is 2.11. The van der Waals surface area contributed by atoms with Crippen LogP contribution in [0.1, 0.15) is 39.0 Å². The third-order valence-corrected chi connectivity index (χ3v) is 2.14. The lowest BCUT2D eigenvalue weighted by Gasteiger charge is -1.94. The number of rotatable bonds is 1. The quantitative estimate of drug-likeness (QED) is 0.582. The van der Waals surface area contributed by atoms with Crippen molar-refractivity contribution in [3.05, 3.63) is 23.8 Å². The van der Waals surface area contributed by atoms with Gasteiger partial charge in [0.15, 0.2) is 5.78 Å². The second-order valence-corrected chi connectivity index (χ2v) is 3.26. The molecule has 0 bridgehead atoms. The van der Waals surface area contributed by atoms with Crippen molar-refractivity contribution in [2.24, 2.45) is 0 Å². The third-order valence-electron chi connectivity index (χ3n) is 2.14. The van der Waals surface area contributed by atoms with Crippen LogP contribution >= 0.6 is 0 Å². The van der Waals surface area contributed by atoms with E-state index in [4.69, 9.17) is 0 Å². The van der Waals surface area contributed by atoms with E-state index in [1.165, 1.54) is 19.3 Å². The molecule has 0 aromatic rings. The maximum atomic E-state index is 11.1. The zero-order chi connectivity index (χ0) is 8.81. The van der Waals surface area contributed by atoms with Gasteiger partial charge in [-0.1, -0.05) is 24.6 Å². The average molecular weight is 164 g/mol. The van der Waals surface area contributed by atoms with Gasteiger partial charge in [0.1, 0.15) is 0 Å². The summed E-state index contributed by atoms with van der Waals surface area (Å²) >= 11 is 0. The Balaban J connectivity index is 2.64. The predicted molar refractivity (Wildman–Crippen MR) is 51.0 cm³/mol. The molecule has 0 aromatic carbocycles. The van der Waals surface area contributed by atoms with Gasteiger partial charge < -0.3 is 0 Å². The molecule has 0 fully saturated rings. The molecule has 0 saturated heterocycles. The first-order valence-electron chi connectivity index (χ1n) is 4.68. The largest absolute Gasteiger partial charge is 0.295 e. The van der Waals surface area contributed by atoms with Crippen LogP contribution in [-0.4, -0.2) is 5.78 Å². The van der Waals surface area contributed by atoms with E-state index in [2.05, 4.69) is 12.2 Å². The SMILES string of the molecule is CC(=O)/C1=C/CCCCCC=C1. The molecule has 0 heterocycles. The van der Waals surface area contributed by atoms with Gasteiger partial charge in [0, 0.05) is 5.57 Å². The molecule has 66 valence electrons. The summed E-state index contributed by atoms with van der Waals surface area (Å²) in [6.45, 7) is 1.63. The van der Waals surface area contributed by atoms with E-state index in [1.807, 2.05) is 6.08 Å². The molecule has 1 rings (SSSR count). The summed E-state index contributed by atoms with van der Waals surface area (Å²) in [5.41, 5.74) is 0.886. The number of allylic oxidation sites excluding steroid dienone is 4. The molecule has 1 heteroatoms. The summed E-state index contributed by atoms with van der Waals surface area (Å²) in [6, 6.07) is 0. The van der Waals surface area contributed by atoms with Crippen molar-refractivity contribution in [1.82, 2.24) is 0 Å². The predicted octanol–water partition coefficient (Wildman–Crippen LogP) is 3.02. The zero-order valence-corrected chi connectivity index (χ0v) is 7.68. The summed E-state index contributed by atoms with van der Waals surface area (Å²) in [5.74, 6) is 0.188. The Morgan fingerprint density at radius 1 is 1.25 bits per heavy atom. The van der Waals surface area contributed by atoms with Crippen LogP contribution < -0.4 is 0 Å². The van der Waals surface area contributed by atoms with E-state index in [0.29, 0.717) is 0 Å². The fourth-order valence-corrected chi connectivity index (χ4v) is 1.38. The molecule has 1 aliphatic carbocycles. The van der Waals surface area contributed by atoms with Crippen LogP contribution in [0.15, 0.2) is 23.8 Å². The highest BCUT2D eigenvalue weighted by atomic mass is 16.1. The molecule has 0 aliphatic heterocycles. The Labute approximate surface area is 74.2 Å². The standard InChI is InChI=1S/C11H16O/c1-10(12)11-8-6-4-2-3-5-7-9-11/h6,8-9H,2-5,7H2,1H3/b8-6?,11-9+. The Bertz CT molecular complexity index is 211. The Kier molecular flexibility index (Phi) is 3.78. The van der Waals surface area contributed by atoms with Crippen LogP contribution in [0.25, 0.3) is 0 Å². The van der Waals surface area contributed by atoms with Gasteiger partial charge in [0.05, 0.1) is 0 Å². The summed E-state index contributed by atoms with van der Waals surface area (Å²) < 4.78 is 0. The molecular formula is C11H16O. The lowest BCUT2D eigenvalue weighted by atomic mass is 10.1. The lowest BCUT2D eigenvalue weighted by molar-refractivity contribution is -0.113. The molecule has 0 saturated carbocycles. The van der Waals surface area contributed by atoms with Crippen LogP contribution in [-0.2, 0) is 4.79 Å². The van der Waals surface area contributed by atoms with Crippen LogP contribution in [0.3, 0.4) is 0 Å². The van der Waals surface area contributed by atoms with Gasteiger partial charge in [-0.05, 0) is 32.6 Å². The summed E-state index contributed by atoms with van der Waals surface area (Å²) in [4.78, 5) is 11.1. The average Bonchev–Trinajstić information content (AvgIpc) is 2.15. The van der Waals surface area contributed by atoms with Crippen LogP contribution in [0.4, 0.5) is 0 Å². The van der Waals surface area contributed by atoms with Crippen LogP contribution in [0.5, 0.6) is 0 Å². The molecule has 0 radical (unpaired) electrons. The molecule has 0 N–H and O–H groups in total. The third kappa shape index (κ3) is 3.04. The van der Waals surface area contributed by atoms with E-state index in [1.54, 1.807) is 6.92 Å². The monoisotopic (exact) mass is 164 g/mol. The van der Waals surface area contributed by atoms with Crippen molar-refractivity contribution < 1.29 is 4.79 Å². The number of ketones is 1. The van der Waals surface area contributed by atoms with Gasteiger partial charge in [0.2, 0.25) is 0 Å². The number of carbonyl (C=O) groups excluding carboxylic acids is 1. The molecule has 1 aliphatic rings. The van der Waals surface area contributed by atoms with Crippen molar-refractivity contribution in [2.45, 2.75) is 39.0 Å². The molecule has 12 heavy (non-hydrogen) atoms. The maximum Gasteiger partial charge on any atom is 0.159 e. The van der Waals surface area contributed by atoms with Gasteiger partial charge in [-0.2, -0.15) is 0 Å². The van der Waals surface area contributed by atoms with Gasteiger partial charge in [-0.3, -0.25) is 4.79 Å². The van der Waals surface area contributed by atoms with Crippen molar-refractivity contribution in [3.8, 4) is 0 Å². The first-order valence-corrected chi connectivity index (χ1v) is 4.68. The molecule has 1 nitrogen and oxygen atoms in total. The Hall–Kier alpha value is -0.850. The minimum atomic E-state index is 0.188. The fraction of sp³-hybridized carbons (Fsp3) is 0.545. The number of Topliss-reactive ketones (excluding diaryl/α,β-unsaturated/α-hetero) is 1. The molecular weight excluding hydrogens is 148 g/mol. The minimum Gasteiger partial charge on any atom is -0.295 e. The maximum absolute atomic E-state index is 11.1. The highest BCUT2D eigenvalue weighted by molar-refractivity contribution is 5.95. The molecule has 0 amide bonds. The second-order valence-electron chi connectivity index (χ2n) is 3.26. The summed E-state index contributed by atoms with van der Waals surface area (Å²) in [6.07, 6.45) is 12.1. The van der Waals surface area contributed by atoms with Gasteiger partial charge in [-0.25, -0.2) is 0 Å². The summed E-state index contributed by atoms with van der Waals surface area (Å²) in [5, 5.41) is 0. The van der Waals surface area contributed by atoms with E-state index < -0.39 is 0 Å².